The van der Waals surface area contributed by atoms with Crippen molar-refractivity contribution in [2.75, 3.05) is 30.0 Å². The van der Waals surface area contributed by atoms with Crippen LogP contribution < -0.4 is 9.64 Å². The summed E-state index contributed by atoms with van der Waals surface area (Å²) >= 11 is 0. The van der Waals surface area contributed by atoms with Crippen LogP contribution in [0.1, 0.15) is 48.1 Å². The lowest BCUT2D eigenvalue weighted by Crippen LogP contribution is -2.36. The molecule has 3 aromatic rings. The molecule has 1 aromatic heterocycles. The van der Waals surface area contributed by atoms with Gasteiger partial charge in [0.05, 0.1) is 5.75 Å². The predicted octanol–water partition coefficient (Wildman–Crippen LogP) is 5.94. The minimum atomic E-state index is -2.95. The Hall–Kier alpha value is -2.93. The highest BCUT2D eigenvalue weighted by molar-refractivity contribution is 7.90. The van der Waals surface area contributed by atoms with Crippen LogP contribution in [0, 0.1) is 30.5 Å². The Balaban J connectivity index is 1.13. The van der Waals surface area contributed by atoms with E-state index in [9.17, 15) is 12.8 Å². The highest BCUT2D eigenvalue weighted by Crippen LogP contribution is 2.61. The van der Waals surface area contributed by atoms with Gasteiger partial charge in [0.15, 0.2) is 0 Å². The quantitative estimate of drug-likeness (QED) is 0.375. The maximum Gasteiger partial charge on any atom is 0.147 e. The number of halogens is 1. The molecule has 2 fully saturated rings. The van der Waals surface area contributed by atoms with Crippen LogP contribution in [0.15, 0.2) is 48.5 Å². The van der Waals surface area contributed by atoms with Crippen LogP contribution in [-0.4, -0.2) is 38.5 Å². The van der Waals surface area contributed by atoms with E-state index in [1.54, 1.807) is 6.07 Å². The molecule has 3 atom stereocenters. The minimum absolute atomic E-state index is 0.175. The van der Waals surface area contributed by atoms with Crippen molar-refractivity contribution in [2.45, 2.75) is 45.6 Å². The molecular weight excluding hydrogens is 499 g/mol. The molecule has 0 radical (unpaired) electrons. The fraction of sp³-hybridized carbons (Fsp3) is 0.452. The van der Waals surface area contributed by atoms with E-state index < -0.39 is 9.84 Å². The second-order valence-corrected chi connectivity index (χ2v) is 13.7. The smallest absolute Gasteiger partial charge is 0.147 e. The number of pyridine rings is 1. The van der Waals surface area contributed by atoms with Gasteiger partial charge in [0.25, 0.3) is 0 Å². The summed E-state index contributed by atoms with van der Waals surface area (Å²) in [7, 11) is -2.95. The molecule has 3 aliphatic rings. The number of anilines is 1. The SMILES string of the molecule is Cc1nc(N2CCC(CS(C)(=O)=O)CC2)ccc1-c1ccc(F)c(COc2ccc3c(c2)C[C@H]2[C@H](C)[C@@H]32)c1. The van der Waals surface area contributed by atoms with Crippen molar-refractivity contribution < 1.29 is 17.5 Å². The van der Waals surface area contributed by atoms with Gasteiger partial charge < -0.3 is 9.64 Å². The van der Waals surface area contributed by atoms with Crippen molar-refractivity contribution in [1.29, 1.82) is 0 Å². The van der Waals surface area contributed by atoms with Gasteiger partial charge in [0.2, 0.25) is 0 Å². The highest BCUT2D eigenvalue weighted by atomic mass is 32.2. The monoisotopic (exact) mass is 534 g/mol. The van der Waals surface area contributed by atoms with Crippen molar-refractivity contribution >= 4 is 15.7 Å². The normalized spacial score (nSPS) is 22.7. The molecule has 2 aliphatic carbocycles. The number of rotatable bonds is 7. The van der Waals surface area contributed by atoms with Crippen LogP contribution in [0.4, 0.5) is 10.2 Å². The van der Waals surface area contributed by atoms with E-state index in [1.807, 2.05) is 31.2 Å². The molecule has 200 valence electrons. The molecule has 1 aliphatic heterocycles. The number of benzene rings is 2. The van der Waals surface area contributed by atoms with Gasteiger partial charge in [-0.3, -0.25) is 0 Å². The maximum absolute atomic E-state index is 14.7. The Morgan fingerprint density at radius 3 is 2.61 bits per heavy atom. The first-order chi connectivity index (χ1) is 18.2. The molecule has 0 unspecified atom stereocenters. The number of piperidine rings is 1. The van der Waals surface area contributed by atoms with Crippen LogP contribution in [0.5, 0.6) is 5.75 Å². The van der Waals surface area contributed by atoms with Crippen molar-refractivity contribution in [2.24, 2.45) is 17.8 Å². The van der Waals surface area contributed by atoms with Crippen molar-refractivity contribution in [3.05, 3.63) is 76.7 Å². The Kier molecular flexibility index (Phi) is 6.45. The number of nitrogens with zero attached hydrogens (tertiary/aromatic N) is 2. The van der Waals surface area contributed by atoms with Gasteiger partial charge >= 0.3 is 0 Å². The topological polar surface area (TPSA) is 59.5 Å². The Morgan fingerprint density at radius 2 is 1.87 bits per heavy atom. The fourth-order valence-electron chi connectivity index (χ4n) is 6.60. The first-order valence-electron chi connectivity index (χ1n) is 13.6. The van der Waals surface area contributed by atoms with Gasteiger partial charge in [-0.05, 0) is 103 Å². The number of hydrogen-bond donors (Lipinski definition) is 0. The number of sulfone groups is 1. The number of hydrogen-bond acceptors (Lipinski definition) is 5. The largest absolute Gasteiger partial charge is 0.489 e. The summed E-state index contributed by atoms with van der Waals surface area (Å²) in [6.07, 6.45) is 4.14. The summed E-state index contributed by atoms with van der Waals surface area (Å²) in [5.41, 5.74) is 6.13. The molecule has 2 aromatic carbocycles. The lowest BCUT2D eigenvalue weighted by Gasteiger charge is -2.32. The average molecular weight is 535 g/mol. The summed E-state index contributed by atoms with van der Waals surface area (Å²) in [6, 6.07) is 15.6. The lowest BCUT2D eigenvalue weighted by atomic mass is 9.98. The van der Waals surface area contributed by atoms with Gasteiger partial charge in [0.1, 0.15) is 33.8 Å². The molecular formula is C31H35FN2O3S. The first-order valence-corrected chi connectivity index (χ1v) is 15.7. The van der Waals surface area contributed by atoms with E-state index >= 15 is 0 Å². The van der Waals surface area contributed by atoms with Crippen LogP contribution in [-0.2, 0) is 22.9 Å². The molecule has 0 spiro atoms. The minimum Gasteiger partial charge on any atom is -0.489 e. The van der Waals surface area contributed by atoms with E-state index in [0.29, 0.717) is 5.56 Å². The third kappa shape index (κ3) is 5.05. The van der Waals surface area contributed by atoms with E-state index in [1.165, 1.54) is 23.4 Å². The second kappa shape index (κ2) is 9.67. The Bertz CT molecular complexity index is 1480. The molecule has 2 heterocycles. The maximum atomic E-state index is 14.7. The molecule has 0 N–H and O–H groups in total. The summed E-state index contributed by atoms with van der Waals surface area (Å²) < 4.78 is 44.0. The van der Waals surface area contributed by atoms with Crippen molar-refractivity contribution in [3.8, 4) is 16.9 Å². The summed E-state index contributed by atoms with van der Waals surface area (Å²) in [4.78, 5) is 7.07. The highest BCUT2D eigenvalue weighted by Gasteiger charge is 2.52. The average Bonchev–Trinajstić information content (AvgIpc) is 3.33. The van der Waals surface area contributed by atoms with E-state index in [4.69, 9.17) is 9.72 Å². The third-order valence-electron chi connectivity index (χ3n) is 8.79. The Labute approximate surface area is 225 Å². The molecule has 7 heteroatoms. The number of aromatic nitrogens is 1. The van der Waals surface area contributed by atoms with E-state index in [0.717, 1.165) is 78.5 Å². The van der Waals surface area contributed by atoms with Gasteiger partial charge in [-0.2, -0.15) is 0 Å². The van der Waals surface area contributed by atoms with Crippen molar-refractivity contribution in [3.63, 3.8) is 0 Å². The zero-order valence-electron chi connectivity index (χ0n) is 22.3. The first kappa shape index (κ1) is 25.4. The summed E-state index contributed by atoms with van der Waals surface area (Å²) in [6.45, 7) is 6.08. The number of aryl methyl sites for hydroxylation is 1. The van der Waals surface area contributed by atoms with Crippen LogP contribution in [0.3, 0.4) is 0 Å². The molecule has 5 nitrogen and oxygen atoms in total. The lowest BCUT2D eigenvalue weighted by molar-refractivity contribution is 0.299. The standard InChI is InChI=1S/C31H35FN2O3S/c1-19-28-16-23-15-25(5-6-27(23)31(19)28)37-17-24-14-22(4-8-29(24)32)26-7-9-30(33-20(26)2)34-12-10-21(11-13-34)18-38(3,35)36/h4-9,14-15,19,21,28,31H,10-13,16-18H2,1-3H3/t19-,28-,31-/m0/s1. The fourth-order valence-corrected chi connectivity index (χ4v) is 7.79. The number of fused-ring (bicyclic) bond motifs is 3. The van der Waals surface area contributed by atoms with Crippen LogP contribution in [0.2, 0.25) is 0 Å². The zero-order chi connectivity index (χ0) is 26.6. The van der Waals surface area contributed by atoms with Gasteiger partial charge in [0, 0.05) is 36.2 Å². The number of ether oxygens (including phenoxy) is 1. The predicted molar refractivity (Wildman–Crippen MR) is 149 cm³/mol. The molecule has 0 bridgehead atoms. The molecule has 1 saturated carbocycles. The molecule has 0 amide bonds. The van der Waals surface area contributed by atoms with Gasteiger partial charge in [-0.15, -0.1) is 0 Å². The van der Waals surface area contributed by atoms with Gasteiger partial charge in [-0.1, -0.05) is 19.1 Å². The van der Waals surface area contributed by atoms with E-state index in [2.05, 4.69) is 24.0 Å². The Morgan fingerprint density at radius 1 is 1.08 bits per heavy atom. The van der Waals surface area contributed by atoms with E-state index in [-0.39, 0.29) is 24.1 Å². The zero-order valence-corrected chi connectivity index (χ0v) is 23.1. The van der Waals surface area contributed by atoms with Gasteiger partial charge in [-0.25, -0.2) is 17.8 Å². The van der Waals surface area contributed by atoms with Crippen LogP contribution >= 0.6 is 0 Å². The third-order valence-corrected chi connectivity index (χ3v) is 9.87. The molecule has 38 heavy (non-hydrogen) atoms. The summed E-state index contributed by atoms with van der Waals surface area (Å²) in [5, 5.41) is 0. The van der Waals surface area contributed by atoms with Crippen LogP contribution in [0.25, 0.3) is 11.1 Å². The summed E-state index contributed by atoms with van der Waals surface area (Å²) in [5.74, 6) is 4.22. The second-order valence-electron chi connectivity index (χ2n) is 11.5. The van der Waals surface area contributed by atoms with Crippen molar-refractivity contribution in [1.82, 2.24) is 4.98 Å². The molecule has 1 saturated heterocycles. The molecule has 6 rings (SSSR count).